The van der Waals surface area contributed by atoms with Gasteiger partial charge in [-0.25, -0.2) is 0 Å². The van der Waals surface area contributed by atoms with Crippen molar-refractivity contribution < 1.29 is 32.4 Å². The highest BCUT2D eigenvalue weighted by Crippen LogP contribution is 2.26. The van der Waals surface area contributed by atoms with E-state index < -0.39 is 34.9 Å². The molecule has 0 aliphatic heterocycles. The molecule has 0 unspecified atom stereocenters. The lowest BCUT2D eigenvalue weighted by Crippen LogP contribution is -2.24. The first kappa shape index (κ1) is 21.0. The van der Waals surface area contributed by atoms with Gasteiger partial charge in [0.15, 0.2) is 6.61 Å². The highest BCUT2D eigenvalue weighted by Gasteiger charge is 2.29. The third kappa shape index (κ3) is 5.86. The zero-order valence-corrected chi connectivity index (χ0v) is 14.8. The summed E-state index contributed by atoms with van der Waals surface area (Å²) in [4.78, 5) is 22.8. The first-order chi connectivity index (χ1) is 13.2. The Labute approximate surface area is 158 Å². The van der Waals surface area contributed by atoms with E-state index >= 15 is 0 Å². The maximum absolute atomic E-state index is 12.4. The minimum Gasteiger partial charge on any atom is -0.494 e. The van der Waals surface area contributed by atoms with E-state index in [1.54, 1.807) is 31.2 Å². The van der Waals surface area contributed by atoms with Crippen molar-refractivity contribution in [2.75, 3.05) is 13.2 Å². The van der Waals surface area contributed by atoms with Gasteiger partial charge in [0.1, 0.15) is 17.1 Å². The Hall–Kier alpha value is -3.30. The summed E-state index contributed by atoms with van der Waals surface area (Å²) >= 11 is 0. The van der Waals surface area contributed by atoms with Crippen LogP contribution in [0.1, 0.15) is 22.8 Å². The molecular weight excluding hydrogens is 381 g/mol. The minimum atomic E-state index is -4.58. The molecular formula is C18H17F3N2O5. The molecule has 0 saturated heterocycles. The van der Waals surface area contributed by atoms with E-state index in [4.69, 9.17) is 4.74 Å². The fourth-order valence-electron chi connectivity index (χ4n) is 2.33. The van der Waals surface area contributed by atoms with Crippen molar-refractivity contribution in [3.05, 3.63) is 63.7 Å². The van der Waals surface area contributed by atoms with Crippen LogP contribution in [0.5, 0.6) is 11.5 Å². The van der Waals surface area contributed by atoms with E-state index in [9.17, 15) is 28.1 Å². The molecule has 0 radical (unpaired) electrons. The predicted molar refractivity (Wildman–Crippen MR) is 93.4 cm³/mol. The number of hydrogen-bond acceptors (Lipinski definition) is 5. The third-order valence-electron chi connectivity index (χ3n) is 3.52. The first-order valence-electron chi connectivity index (χ1n) is 8.18. The van der Waals surface area contributed by atoms with Gasteiger partial charge in [-0.15, -0.1) is 0 Å². The maximum atomic E-state index is 12.4. The van der Waals surface area contributed by atoms with E-state index in [-0.39, 0.29) is 12.3 Å². The molecule has 1 amide bonds. The fraction of sp³-hybridized carbons (Fsp3) is 0.278. The van der Waals surface area contributed by atoms with Gasteiger partial charge in [-0.2, -0.15) is 13.2 Å². The van der Waals surface area contributed by atoms with E-state index in [0.29, 0.717) is 17.9 Å². The van der Waals surface area contributed by atoms with E-state index in [1.807, 2.05) is 0 Å². The molecule has 0 saturated carbocycles. The summed E-state index contributed by atoms with van der Waals surface area (Å²) in [5.41, 5.74) is -0.307. The molecule has 0 heterocycles. The molecule has 0 fully saturated rings. The Morgan fingerprint density at radius 2 is 1.89 bits per heavy atom. The number of carbonyl (C=O) groups excluding carboxylic acids is 1. The molecule has 0 aliphatic carbocycles. The van der Waals surface area contributed by atoms with Crippen molar-refractivity contribution >= 4 is 11.6 Å². The second kappa shape index (κ2) is 9.07. The number of benzene rings is 2. The number of nitrogens with one attached hydrogen (secondary N) is 1. The first-order valence-corrected chi connectivity index (χ1v) is 8.18. The van der Waals surface area contributed by atoms with Gasteiger partial charge < -0.3 is 14.8 Å². The summed E-state index contributed by atoms with van der Waals surface area (Å²) in [6, 6.07) is 9.75. The Morgan fingerprint density at radius 1 is 1.18 bits per heavy atom. The van der Waals surface area contributed by atoms with Gasteiger partial charge in [-0.1, -0.05) is 18.2 Å². The molecule has 2 aromatic carbocycles. The molecule has 2 rings (SSSR count). The van der Waals surface area contributed by atoms with Crippen molar-refractivity contribution in [2.45, 2.75) is 19.6 Å². The Bertz CT molecular complexity index is 855. The standard InChI is InChI=1S/C18H17F3N2O5/c1-2-27-16-6-4-3-5-12(16)10-22-17(24)14-9-13(28-11-18(19,20)21)7-8-15(14)23(25)26/h3-9H,2,10-11H2,1H3,(H,22,24). The number of nitro groups is 1. The molecule has 2 aromatic rings. The number of rotatable bonds is 8. The topological polar surface area (TPSA) is 90.7 Å². The van der Waals surface area contributed by atoms with Crippen LogP contribution in [0.4, 0.5) is 18.9 Å². The maximum Gasteiger partial charge on any atom is 0.422 e. The molecule has 1 N–H and O–H groups in total. The highest BCUT2D eigenvalue weighted by molar-refractivity contribution is 5.98. The lowest BCUT2D eigenvalue weighted by atomic mass is 10.1. The van der Waals surface area contributed by atoms with Gasteiger partial charge in [0, 0.05) is 18.2 Å². The largest absolute Gasteiger partial charge is 0.494 e. The van der Waals surface area contributed by atoms with Gasteiger partial charge in [0.05, 0.1) is 11.5 Å². The average molecular weight is 398 g/mol. The van der Waals surface area contributed by atoms with Gasteiger partial charge in [0.25, 0.3) is 11.6 Å². The molecule has 0 bridgehead atoms. The van der Waals surface area contributed by atoms with Crippen LogP contribution in [0.3, 0.4) is 0 Å². The zero-order valence-electron chi connectivity index (χ0n) is 14.8. The summed E-state index contributed by atoms with van der Waals surface area (Å²) in [6.07, 6.45) is -4.58. The van der Waals surface area contributed by atoms with Crippen LogP contribution >= 0.6 is 0 Å². The zero-order chi connectivity index (χ0) is 20.7. The monoisotopic (exact) mass is 398 g/mol. The molecule has 0 spiro atoms. The second-order valence-corrected chi connectivity index (χ2v) is 5.56. The van der Waals surface area contributed by atoms with E-state index in [1.165, 1.54) is 0 Å². The number of halogens is 3. The third-order valence-corrected chi connectivity index (χ3v) is 3.52. The molecule has 28 heavy (non-hydrogen) atoms. The summed E-state index contributed by atoms with van der Waals surface area (Å²) in [6.45, 7) is 0.646. The Kier molecular flexibility index (Phi) is 6.80. The molecule has 7 nitrogen and oxygen atoms in total. The van der Waals surface area contributed by atoms with Crippen LogP contribution in [0.15, 0.2) is 42.5 Å². The van der Waals surface area contributed by atoms with Crippen LogP contribution in [0, 0.1) is 10.1 Å². The van der Waals surface area contributed by atoms with Crippen molar-refractivity contribution in [3.63, 3.8) is 0 Å². The predicted octanol–water partition coefficient (Wildman–Crippen LogP) is 3.86. The average Bonchev–Trinajstić information content (AvgIpc) is 2.64. The quantitative estimate of drug-likeness (QED) is 0.539. The van der Waals surface area contributed by atoms with Crippen LogP contribution < -0.4 is 14.8 Å². The Balaban J connectivity index is 2.19. The molecule has 0 aromatic heterocycles. The molecule has 150 valence electrons. The summed E-state index contributed by atoms with van der Waals surface area (Å²) in [5, 5.41) is 13.7. The number of amides is 1. The van der Waals surface area contributed by atoms with Crippen LogP contribution in [0.25, 0.3) is 0 Å². The summed E-state index contributed by atoms with van der Waals surface area (Å²) in [7, 11) is 0. The van der Waals surface area contributed by atoms with Crippen molar-refractivity contribution in [1.29, 1.82) is 0 Å². The number of alkyl halides is 3. The summed E-state index contributed by atoms with van der Waals surface area (Å²) in [5.74, 6) is -0.583. The van der Waals surface area contributed by atoms with Gasteiger partial charge in [0.2, 0.25) is 0 Å². The van der Waals surface area contributed by atoms with Gasteiger partial charge >= 0.3 is 6.18 Å². The number of ether oxygens (including phenoxy) is 2. The second-order valence-electron chi connectivity index (χ2n) is 5.56. The molecule has 10 heteroatoms. The molecule has 0 aliphatic rings. The minimum absolute atomic E-state index is 0.0137. The van der Waals surface area contributed by atoms with E-state index in [2.05, 4.69) is 10.1 Å². The summed E-state index contributed by atoms with van der Waals surface area (Å²) < 4.78 is 46.9. The van der Waals surface area contributed by atoms with Crippen molar-refractivity contribution in [3.8, 4) is 11.5 Å². The van der Waals surface area contributed by atoms with Gasteiger partial charge in [-0.3, -0.25) is 14.9 Å². The number of nitrogens with zero attached hydrogens (tertiary/aromatic N) is 1. The fourth-order valence-corrected chi connectivity index (χ4v) is 2.33. The SMILES string of the molecule is CCOc1ccccc1CNC(=O)c1cc(OCC(F)(F)F)ccc1[N+](=O)[O-]. The van der Waals surface area contributed by atoms with E-state index in [0.717, 1.165) is 18.2 Å². The smallest absolute Gasteiger partial charge is 0.422 e. The van der Waals surface area contributed by atoms with Crippen molar-refractivity contribution in [2.24, 2.45) is 0 Å². The highest BCUT2D eigenvalue weighted by atomic mass is 19.4. The normalized spacial score (nSPS) is 11.0. The number of carbonyl (C=O) groups is 1. The van der Waals surface area contributed by atoms with Crippen LogP contribution in [-0.2, 0) is 6.54 Å². The van der Waals surface area contributed by atoms with Crippen LogP contribution in [0.2, 0.25) is 0 Å². The van der Waals surface area contributed by atoms with Gasteiger partial charge in [-0.05, 0) is 25.1 Å². The van der Waals surface area contributed by atoms with Crippen molar-refractivity contribution in [1.82, 2.24) is 5.32 Å². The number of nitro benzene ring substituents is 1. The Morgan fingerprint density at radius 3 is 2.54 bits per heavy atom. The van der Waals surface area contributed by atoms with Crippen LogP contribution in [-0.4, -0.2) is 30.2 Å². The number of hydrogen-bond donors (Lipinski definition) is 1. The lowest BCUT2D eigenvalue weighted by Gasteiger charge is -2.12. The number of para-hydroxylation sites is 1. The lowest BCUT2D eigenvalue weighted by molar-refractivity contribution is -0.385. The molecule has 0 atom stereocenters.